The van der Waals surface area contributed by atoms with Gasteiger partial charge in [0, 0.05) is 12.6 Å². The van der Waals surface area contributed by atoms with Crippen LogP contribution in [0.1, 0.15) is 53.4 Å². The molecule has 0 heterocycles. The summed E-state index contributed by atoms with van der Waals surface area (Å²) in [5, 5.41) is 3.44. The van der Waals surface area contributed by atoms with E-state index in [4.69, 9.17) is 4.74 Å². The summed E-state index contributed by atoms with van der Waals surface area (Å²) in [5.41, 5.74) is 0.382. The van der Waals surface area contributed by atoms with Crippen molar-refractivity contribution in [3.63, 3.8) is 0 Å². The third-order valence-electron chi connectivity index (χ3n) is 3.97. The third kappa shape index (κ3) is 3.46. The van der Waals surface area contributed by atoms with Gasteiger partial charge in [0.1, 0.15) is 0 Å². The van der Waals surface area contributed by atoms with Gasteiger partial charge in [-0.25, -0.2) is 0 Å². The van der Waals surface area contributed by atoms with Crippen molar-refractivity contribution in [2.75, 3.05) is 13.7 Å². The Morgan fingerprint density at radius 2 is 2.12 bits per heavy atom. The average Bonchev–Trinajstić information content (AvgIpc) is 2.50. The van der Waals surface area contributed by atoms with E-state index < -0.39 is 0 Å². The smallest absolute Gasteiger partial charge is 0.0733 e. The highest BCUT2D eigenvalue weighted by atomic mass is 16.5. The maximum atomic E-state index is 6.09. The SMILES string of the molecule is CCCC(C)COC1CCC(C)(C)C1NC. The second kappa shape index (κ2) is 6.02. The van der Waals surface area contributed by atoms with Crippen LogP contribution in [0.25, 0.3) is 0 Å². The van der Waals surface area contributed by atoms with Crippen LogP contribution in [0, 0.1) is 11.3 Å². The van der Waals surface area contributed by atoms with Crippen LogP contribution >= 0.6 is 0 Å². The summed E-state index contributed by atoms with van der Waals surface area (Å²) < 4.78 is 6.09. The van der Waals surface area contributed by atoms with E-state index in [1.165, 1.54) is 25.7 Å². The van der Waals surface area contributed by atoms with Gasteiger partial charge in [0.25, 0.3) is 0 Å². The number of hydrogen-bond donors (Lipinski definition) is 1. The fourth-order valence-electron chi connectivity index (χ4n) is 2.96. The molecule has 0 aromatic rings. The molecule has 1 rings (SSSR count). The Hall–Kier alpha value is -0.0800. The molecular weight excluding hydrogens is 198 g/mol. The summed E-state index contributed by atoms with van der Waals surface area (Å²) in [7, 11) is 2.06. The van der Waals surface area contributed by atoms with Crippen molar-refractivity contribution < 1.29 is 4.74 Å². The number of hydrogen-bond acceptors (Lipinski definition) is 2. The Bertz CT molecular complexity index is 203. The minimum Gasteiger partial charge on any atom is -0.376 e. The molecule has 0 saturated heterocycles. The quantitative estimate of drug-likeness (QED) is 0.752. The predicted molar refractivity (Wildman–Crippen MR) is 69.7 cm³/mol. The number of rotatable bonds is 6. The molecule has 0 spiro atoms. The molecule has 96 valence electrons. The van der Waals surface area contributed by atoms with Crippen LogP contribution in [0.5, 0.6) is 0 Å². The highest BCUT2D eigenvalue weighted by Gasteiger charge is 2.41. The Balaban J connectivity index is 2.37. The van der Waals surface area contributed by atoms with Crippen LogP contribution < -0.4 is 5.32 Å². The Morgan fingerprint density at radius 3 is 2.69 bits per heavy atom. The number of nitrogens with one attached hydrogen (secondary N) is 1. The standard InChI is InChI=1S/C14H29NO/c1-6-7-11(2)10-16-12-8-9-14(3,4)13(12)15-5/h11-13,15H,6-10H2,1-5H3. The number of likely N-dealkylation sites (N-methyl/N-ethyl adjacent to an activating group) is 1. The van der Waals surface area contributed by atoms with E-state index >= 15 is 0 Å². The molecule has 1 aliphatic carbocycles. The maximum Gasteiger partial charge on any atom is 0.0733 e. The first-order valence-electron chi connectivity index (χ1n) is 6.80. The summed E-state index contributed by atoms with van der Waals surface area (Å²) in [6.07, 6.45) is 5.43. The Labute approximate surface area is 101 Å². The van der Waals surface area contributed by atoms with E-state index in [9.17, 15) is 0 Å². The fourth-order valence-corrected chi connectivity index (χ4v) is 2.96. The lowest BCUT2D eigenvalue weighted by Gasteiger charge is -2.30. The fraction of sp³-hybridized carbons (Fsp3) is 1.00. The summed E-state index contributed by atoms with van der Waals surface area (Å²) in [6.45, 7) is 10.1. The van der Waals surface area contributed by atoms with Crippen molar-refractivity contribution in [3.05, 3.63) is 0 Å². The van der Waals surface area contributed by atoms with Crippen molar-refractivity contribution in [2.45, 2.75) is 65.5 Å². The second-order valence-electron chi connectivity index (χ2n) is 6.06. The van der Waals surface area contributed by atoms with Gasteiger partial charge >= 0.3 is 0 Å². The largest absolute Gasteiger partial charge is 0.376 e. The molecule has 16 heavy (non-hydrogen) atoms. The van der Waals surface area contributed by atoms with Gasteiger partial charge in [-0.15, -0.1) is 0 Å². The van der Waals surface area contributed by atoms with Gasteiger partial charge in [0.05, 0.1) is 6.10 Å². The molecule has 3 atom stereocenters. The van der Waals surface area contributed by atoms with Crippen LogP contribution in [-0.4, -0.2) is 25.8 Å². The van der Waals surface area contributed by atoms with Gasteiger partial charge in [-0.2, -0.15) is 0 Å². The van der Waals surface area contributed by atoms with E-state index in [0.29, 0.717) is 23.5 Å². The Kier molecular flexibility index (Phi) is 5.26. The summed E-state index contributed by atoms with van der Waals surface area (Å²) in [5.74, 6) is 0.700. The first-order valence-corrected chi connectivity index (χ1v) is 6.80. The first-order chi connectivity index (χ1) is 7.51. The van der Waals surface area contributed by atoms with E-state index in [1.54, 1.807) is 0 Å². The molecular formula is C14H29NO. The molecule has 2 heteroatoms. The van der Waals surface area contributed by atoms with Crippen molar-refractivity contribution >= 4 is 0 Å². The minimum atomic E-state index is 0.382. The van der Waals surface area contributed by atoms with Crippen molar-refractivity contribution in [1.29, 1.82) is 0 Å². The van der Waals surface area contributed by atoms with Crippen LogP contribution in [0.3, 0.4) is 0 Å². The van der Waals surface area contributed by atoms with Crippen LogP contribution in [0.2, 0.25) is 0 Å². The topological polar surface area (TPSA) is 21.3 Å². The summed E-state index contributed by atoms with van der Waals surface area (Å²) in [6, 6.07) is 0.515. The van der Waals surface area contributed by atoms with Crippen LogP contribution in [0.4, 0.5) is 0 Å². The molecule has 1 saturated carbocycles. The highest BCUT2D eigenvalue weighted by Crippen LogP contribution is 2.38. The molecule has 1 N–H and O–H groups in total. The maximum absolute atomic E-state index is 6.09. The summed E-state index contributed by atoms with van der Waals surface area (Å²) in [4.78, 5) is 0. The molecule has 1 aliphatic rings. The zero-order chi connectivity index (χ0) is 12.2. The lowest BCUT2D eigenvalue weighted by atomic mass is 9.87. The van der Waals surface area contributed by atoms with Gasteiger partial charge in [-0.1, -0.05) is 34.1 Å². The molecule has 1 fully saturated rings. The second-order valence-corrected chi connectivity index (χ2v) is 6.06. The normalized spacial score (nSPS) is 30.6. The molecule has 0 radical (unpaired) electrons. The molecule has 0 aromatic heterocycles. The molecule has 0 bridgehead atoms. The zero-order valence-electron chi connectivity index (χ0n) is 11.7. The predicted octanol–water partition coefficient (Wildman–Crippen LogP) is 3.22. The highest BCUT2D eigenvalue weighted by molar-refractivity contribution is 4.96. The molecule has 0 aliphatic heterocycles. The first kappa shape index (κ1) is 14.0. The van der Waals surface area contributed by atoms with Crippen LogP contribution in [0.15, 0.2) is 0 Å². The van der Waals surface area contributed by atoms with E-state index in [0.717, 1.165) is 6.61 Å². The molecule has 0 amide bonds. The van der Waals surface area contributed by atoms with Gasteiger partial charge in [-0.3, -0.25) is 0 Å². The Morgan fingerprint density at radius 1 is 1.44 bits per heavy atom. The monoisotopic (exact) mass is 227 g/mol. The van der Waals surface area contributed by atoms with E-state index in [2.05, 4.69) is 40.1 Å². The third-order valence-corrected chi connectivity index (χ3v) is 3.97. The summed E-state index contributed by atoms with van der Waals surface area (Å²) >= 11 is 0. The van der Waals surface area contributed by atoms with Crippen molar-refractivity contribution in [3.8, 4) is 0 Å². The van der Waals surface area contributed by atoms with Gasteiger partial charge in [-0.05, 0) is 37.6 Å². The van der Waals surface area contributed by atoms with Gasteiger partial charge < -0.3 is 10.1 Å². The minimum absolute atomic E-state index is 0.382. The average molecular weight is 227 g/mol. The molecule has 2 nitrogen and oxygen atoms in total. The van der Waals surface area contributed by atoms with Gasteiger partial charge in [0.15, 0.2) is 0 Å². The van der Waals surface area contributed by atoms with Gasteiger partial charge in [0.2, 0.25) is 0 Å². The number of ether oxygens (including phenoxy) is 1. The van der Waals surface area contributed by atoms with E-state index in [-0.39, 0.29) is 0 Å². The zero-order valence-corrected chi connectivity index (χ0v) is 11.7. The van der Waals surface area contributed by atoms with Crippen molar-refractivity contribution in [1.82, 2.24) is 5.32 Å². The lowest BCUT2D eigenvalue weighted by molar-refractivity contribution is 0.0103. The molecule has 0 aromatic carbocycles. The van der Waals surface area contributed by atoms with Crippen LogP contribution in [-0.2, 0) is 4.74 Å². The lowest BCUT2D eigenvalue weighted by Crippen LogP contribution is -2.44. The van der Waals surface area contributed by atoms with Crippen molar-refractivity contribution in [2.24, 2.45) is 11.3 Å². The molecule has 3 unspecified atom stereocenters. The van der Waals surface area contributed by atoms with E-state index in [1.807, 2.05) is 0 Å².